The first-order valence-corrected chi connectivity index (χ1v) is 8.94. The van der Waals surface area contributed by atoms with E-state index in [2.05, 4.69) is 12.1 Å². The van der Waals surface area contributed by atoms with Crippen LogP contribution in [0.5, 0.6) is 0 Å². The molecule has 4 rings (SSSR count). The number of benzene rings is 2. The normalized spacial score (nSPS) is 19.9. The van der Waals surface area contributed by atoms with Crippen LogP contribution >= 0.6 is 0 Å². The van der Waals surface area contributed by atoms with Gasteiger partial charge in [0.05, 0.1) is 0 Å². The molecular weight excluding hydrogens is 312 g/mol. The summed E-state index contributed by atoms with van der Waals surface area (Å²) in [6.07, 6.45) is 3.43. The number of hydrogen-bond acceptors (Lipinski definition) is 2. The number of hydrogen-bond donors (Lipinski definition) is 0. The number of rotatable bonds is 2. The van der Waals surface area contributed by atoms with Gasteiger partial charge in [-0.25, -0.2) is 0 Å². The van der Waals surface area contributed by atoms with Gasteiger partial charge in [-0.15, -0.1) is 0 Å². The van der Waals surface area contributed by atoms with Crippen LogP contribution < -0.4 is 4.90 Å². The summed E-state index contributed by atoms with van der Waals surface area (Å²) in [5, 5.41) is 0. The van der Waals surface area contributed by atoms with E-state index in [1.54, 1.807) is 17.0 Å². The van der Waals surface area contributed by atoms with Gasteiger partial charge in [0.25, 0.3) is 5.91 Å². The largest absolute Gasteiger partial charge is 0.325 e. The Morgan fingerprint density at radius 3 is 2.56 bits per heavy atom. The zero-order valence-electron chi connectivity index (χ0n) is 14.4. The van der Waals surface area contributed by atoms with Crippen LogP contribution in [0.1, 0.15) is 34.8 Å². The molecule has 1 aliphatic heterocycles. The lowest BCUT2D eigenvalue weighted by molar-refractivity contribution is -0.124. The molecule has 0 unspecified atom stereocenters. The predicted molar refractivity (Wildman–Crippen MR) is 97.8 cm³/mol. The number of aryl methyl sites for hydroxylation is 2. The fourth-order valence-corrected chi connectivity index (χ4v) is 3.88. The lowest BCUT2D eigenvalue weighted by atomic mass is 10.1. The van der Waals surface area contributed by atoms with Gasteiger partial charge in [0.15, 0.2) is 0 Å². The van der Waals surface area contributed by atoms with Crippen molar-refractivity contribution in [2.45, 2.75) is 32.2 Å². The summed E-state index contributed by atoms with van der Waals surface area (Å²) < 4.78 is 0. The number of fused-ring (bicyclic) bond motifs is 1. The van der Waals surface area contributed by atoms with E-state index in [4.69, 9.17) is 0 Å². The van der Waals surface area contributed by atoms with Crippen molar-refractivity contribution in [3.8, 4) is 0 Å². The Labute approximate surface area is 148 Å². The fraction of sp³-hybridized carbons (Fsp3) is 0.333. The Hall–Kier alpha value is -2.62. The maximum Gasteiger partial charge on any atom is 0.254 e. The maximum absolute atomic E-state index is 12.9. The van der Waals surface area contributed by atoms with E-state index in [1.807, 2.05) is 36.1 Å². The van der Waals surface area contributed by atoms with E-state index in [0.717, 1.165) is 18.5 Å². The van der Waals surface area contributed by atoms with Gasteiger partial charge in [-0.3, -0.25) is 9.59 Å². The van der Waals surface area contributed by atoms with Gasteiger partial charge >= 0.3 is 0 Å². The van der Waals surface area contributed by atoms with Crippen LogP contribution in [-0.4, -0.2) is 35.8 Å². The van der Waals surface area contributed by atoms with Gasteiger partial charge in [0.2, 0.25) is 5.91 Å². The molecule has 1 saturated heterocycles. The summed E-state index contributed by atoms with van der Waals surface area (Å²) in [4.78, 5) is 29.1. The topological polar surface area (TPSA) is 40.6 Å². The molecule has 25 heavy (non-hydrogen) atoms. The van der Waals surface area contributed by atoms with Crippen LogP contribution in [-0.2, 0) is 17.6 Å². The minimum Gasteiger partial charge on any atom is -0.325 e. The summed E-state index contributed by atoms with van der Waals surface area (Å²) in [5.74, 6) is -0.0801. The van der Waals surface area contributed by atoms with E-state index in [0.29, 0.717) is 18.7 Å². The van der Waals surface area contributed by atoms with Crippen molar-refractivity contribution in [3.05, 3.63) is 65.2 Å². The highest BCUT2D eigenvalue weighted by Gasteiger charge is 2.35. The van der Waals surface area contributed by atoms with Gasteiger partial charge in [0, 0.05) is 24.3 Å². The van der Waals surface area contributed by atoms with E-state index in [-0.39, 0.29) is 11.8 Å². The predicted octanol–water partition coefficient (Wildman–Crippen LogP) is 3.05. The first-order valence-electron chi connectivity index (χ1n) is 8.94. The molecule has 0 radical (unpaired) electrons. The molecule has 1 aliphatic carbocycles. The second-order valence-electron chi connectivity index (χ2n) is 6.84. The van der Waals surface area contributed by atoms with E-state index in [9.17, 15) is 9.59 Å². The van der Waals surface area contributed by atoms with Crippen LogP contribution in [0.4, 0.5) is 5.69 Å². The van der Waals surface area contributed by atoms with Crippen molar-refractivity contribution < 1.29 is 9.59 Å². The molecule has 2 aliphatic rings. The third kappa shape index (κ3) is 2.82. The summed E-state index contributed by atoms with van der Waals surface area (Å²) >= 11 is 0. The summed E-state index contributed by atoms with van der Waals surface area (Å²) in [6.45, 7) is 2.92. The standard InChI is InChI=1S/C21H22N2O2/c1-15-20(24)23(19-11-10-16-8-5-9-18(16)14-19)13-12-22(15)21(25)17-6-3-2-4-7-17/h2-4,6-7,10-11,14-15H,5,8-9,12-13H2,1H3/t15-/m1/s1. The first kappa shape index (κ1) is 15.9. The minimum absolute atomic E-state index is 0.00604. The van der Waals surface area contributed by atoms with Crippen LogP contribution in [0.3, 0.4) is 0 Å². The summed E-state index contributed by atoms with van der Waals surface area (Å²) in [5.41, 5.74) is 4.36. The Morgan fingerprint density at radius 2 is 1.76 bits per heavy atom. The van der Waals surface area contributed by atoms with Crippen LogP contribution in [0, 0.1) is 0 Å². The molecule has 1 atom stereocenters. The molecule has 1 fully saturated rings. The summed E-state index contributed by atoms with van der Waals surface area (Å²) in [6, 6.07) is 15.1. The second-order valence-corrected chi connectivity index (χ2v) is 6.84. The van der Waals surface area contributed by atoms with Crippen molar-refractivity contribution >= 4 is 17.5 Å². The second kappa shape index (κ2) is 6.36. The van der Waals surface area contributed by atoms with Crippen molar-refractivity contribution in [1.82, 2.24) is 4.90 Å². The number of anilines is 1. The zero-order valence-corrected chi connectivity index (χ0v) is 14.4. The van der Waals surface area contributed by atoms with Gasteiger partial charge in [0.1, 0.15) is 6.04 Å². The Balaban J connectivity index is 1.54. The maximum atomic E-state index is 12.9. The van der Waals surface area contributed by atoms with Crippen molar-refractivity contribution in [2.24, 2.45) is 0 Å². The molecule has 4 heteroatoms. The van der Waals surface area contributed by atoms with Crippen molar-refractivity contribution in [3.63, 3.8) is 0 Å². The van der Waals surface area contributed by atoms with E-state index in [1.165, 1.54) is 17.5 Å². The molecule has 2 aromatic rings. The SMILES string of the molecule is C[C@@H]1C(=O)N(c2ccc3c(c2)CCC3)CCN1C(=O)c1ccccc1. The van der Waals surface area contributed by atoms with Crippen molar-refractivity contribution in [1.29, 1.82) is 0 Å². The lowest BCUT2D eigenvalue weighted by Crippen LogP contribution is -2.57. The minimum atomic E-state index is -0.449. The number of carbonyl (C=O) groups is 2. The highest BCUT2D eigenvalue weighted by molar-refractivity contribution is 6.03. The third-order valence-corrected chi connectivity index (χ3v) is 5.33. The molecule has 0 spiro atoms. The molecule has 4 nitrogen and oxygen atoms in total. The molecule has 0 aromatic heterocycles. The number of piperazine rings is 1. The monoisotopic (exact) mass is 334 g/mol. The van der Waals surface area contributed by atoms with E-state index < -0.39 is 6.04 Å². The Kier molecular flexibility index (Phi) is 4.04. The van der Waals surface area contributed by atoms with Gasteiger partial charge in [-0.2, -0.15) is 0 Å². The van der Waals surface area contributed by atoms with Gasteiger partial charge in [-0.1, -0.05) is 24.3 Å². The number of amides is 2. The molecule has 0 N–H and O–H groups in total. The molecule has 1 heterocycles. The van der Waals surface area contributed by atoms with Gasteiger partial charge < -0.3 is 9.80 Å². The quantitative estimate of drug-likeness (QED) is 0.847. The number of nitrogens with zero attached hydrogens (tertiary/aromatic N) is 2. The zero-order chi connectivity index (χ0) is 17.4. The highest BCUT2D eigenvalue weighted by atomic mass is 16.2. The molecule has 2 amide bonds. The molecule has 128 valence electrons. The average Bonchev–Trinajstić information content (AvgIpc) is 3.12. The van der Waals surface area contributed by atoms with E-state index >= 15 is 0 Å². The van der Waals surface area contributed by atoms with Crippen LogP contribution in [0.25, 0.3) is 0 Å². The van der Waals surface area contributed by atoms with Crippen LogP contribution in [0.2, 0.25) is 0 Å². The number of carbonyl (C=O) groups excluding carboxylic acids is 2. The summed E-state index contributed by atoms with van der Waals surface area (Å²) in [7, 11) is 0. The highest BCUT2D eigenvalue weighted by Crippen LogP contribution is 2.28. The molecule has 0 bridgehead atoms. The average molecular weight is 334 g/mol. The first-order chi connectivity index (χ1) is 12.1. The van der Waals surface area contributed by atoms with Crippen molar-refractivity contribution in [2.75, 3.05) is 18.0 Å². The molecule has 0 saturated carbocycles. The lowest BCUT2D eigenvalue weighted by Gasteiger charge is -2.39. The Bertz CT molecular complexity index is 816. The Morgan fingerprint density at radius 1 is 1.00 bits per heavy atom. The molecular formula is C21H22N2O2. The molecule has 2 aromatic carbocycles. The smallest absolute Gasteiger partial charge is 0.254 e. The van der Waals surface area contributed by atoms with Gasteiger partial charge in [-0.05, 0) is 61.6 Å². The third-order valence-electron chi connectivity index (χ3n) is 5.33. The fourth-order valence-electron chi connectivity index (χ4n) is 3.88. The van der Waals surface area contributed by atoms with Crippen LogP contribution in [0.15, 0.2) is 48.5 Å².